The van der Waals surface area contributed by atoms with Crippen molar-refractivity contribution in [1.29, 1.82) is 0 Å². The number of esters is 1. The Morgan fingerprint density at radius 2 is 2.09 bits per heavy atom. The molecule has 1 aliphatic rings. The SMILES string of the molecule is CCOC(=O)CCc1ccc2c(=O)[nH]c(N3CCCC3)nc2n1. The quantitative estimate of drug-likeness (QED) is 0.839. The summed E-state index contributed by atoms with van der Waals surface area (Å²) in [5, 5.41) is 0.466. The van der Waals surface area contributed by atoms with Crippen molar-refractivity contribution in [1.82, 2.24) is 15.0 Å². The molecule has 2 aromatic heterocycles. The van der Waals surface area contributed by atoms with Gasteiger partial charge in [-0.25, -0.2) is 4.98 Å². The summed E-state index contributed by atoms with van der Waals surface area (Å²) in [6.45, 7) is 3.95. The number of ether oxygens (including phenoxy) is 1. The lowest BCUT2D eigenvalue weighted by Gasteiger charge is -2.15. The van der Waals surface area contributed by atoms with Gasteiger partial charge in [0.15, 0.2) is 5.65 Å². The number of hydrogen-bond donors (Lipinski definition) is 1. The number of carbonyl (C=O) groups is 1. The minimum Gasteiger partial charge on any atom is -0.466 e. The molecule has 0 saturated carbocycles. The van der Waals surface area contributed by atoms with E-state index in [0.717, 1.165) is 31.6 Å². The van der Waals surface area contributed by atoms with E-state index in [-0.39, 0.29) is 17.9 Å². The summed E-state index contributed by atoms with van der Waals surface area (Å²) in [6.07, 6.45) is 2.96. The molecule has 0 atom stereocenters. The molecule has 0 unspecified atom stereocenters. The van der Waals surface area contributed by atoms with Crippen molar-refractivity contribution in [2.24, 2.45) is 0 Å². The molecule has 3 heterocycles. The number of aromatic nitrogens is 3. The Kier molecular flexibility index (Phi) is 4.55. The van der Waals surface area contributed by atoms with Crippen molar-refractivity contribution in [3.8, 4) is 0 Å². The molecule has 3 rings (SSSR count). The molecule has 0 amide bonds. The number of carbonyl (C=O) groups excluding carboxylic acids is 1. The van der Waals surface area contributed by atoms with Gasteiger partial charge in [0, 0.05) is 25.2 Å². The molecule has 1 fully saturated rings. The Bertz CT molecular complexity index is 765. The Labute approximate surface area is 133 Å². The van der Waals surface area contributed by atoms with Crippen molar-refractivity contribution in [2.45, 2.75) is 32.6 Å². The van der Waals surface area contributed by atoms with Crippen LogP contribution < -0.4 is 10.5 Å². The third-order valence-electron chi connectivity index (χ3n) is 3.91. The summed E-state index contributed by atoms with van der Waals surface area (Å²) in [5.74, 6) is 0.334. The number of nitrogens with zero attached hydrogens (tertiary/aromatic N) is 3. The smallest absolute Gasteiger partial charge is 0.306 e. The fraction of sp³-hybridized carbons (Fsp3) is 0.500. The van der Waals surface area contributed by atoms with E-state index in [1.807, 2.05) is 0 Å². The third kappa shape index (κ3) is 3.49. The van der Waals surface area contributed by atoms with E-state index < -0.39 is 0 Å². The first-order valence-corrected chi connectivity index (χ1v) is 7.98. The van der Waals surface area contributed by atoms with Gasteiger partial charge in [-0.15, -0.1) is 0 Å². The monoisotopic (exact) mass is 316 g/mol. The molecule has 0 radical (unpaired) electrons. The van der Waals surface area contributed by atoms with Crippen molar-refractivity contribution in [3.05, 3.63) is 28.2 Å². The number of aromatic amines is 1. The van der Waals surface area contributed by atoms with Crippen LogP contribution in [0, 0.1) is 0 Å². The van der Waals surface area contributed by atoms with E-state index in [9.17, 15) is 9.59 Å². The van der Waals surface area contributed by atoms with Crippen LogP contribution in [-0.4, -0.2) is 40.6 Å². The van der Waals surface area contributed by atoms with Gasteiger partial charge in [0.2, 0.25) is 5.95 Å². The van der Waals surface area contributed by atoms with Crippen LogP contribution in [0.25, 0.3) is 11.0 Å². The molecule has 7 heteroatoms. The van der Waals surface area contributed by atoms with Gasteiger partial charge in [0.05, 0.1) is 18.4 Å². The number of H-pyrrole nitrogens is 1. The number of nitrogens with one attached hydrogen (secondary N) is 1. The van der Waals surface area contributed by atoms with Crippen LogP contribution in [0.5, 0.6) is 0 Å². The van der Waals surface area contributed by atoms with Gasteiger partial charge in [-0.2, -0.15) is 4.98 Å². The second kappa shape index (κ2) is 6.76. The first kappa shape index (κ1) is 15.5. The van der Waals surface area contributed by atoms with Gasteiger partial charge in [-0.3, -0.25) is 14.6 Å². The van der Waals surface area contributed by atoms with Crippen LogP contribution in [-0.2, 0) is 16.0 Å². The first-order chi connectivity index (χ1) is 11.2. The van der Waals surface area contributed by atoms with E-state index in [4.69, 9.17) is 4.74 Å². The number of anilines is 1. The molecule has 0 aromatic carbocycles. The lowest BCUT2D eigenvalue weighted by Crippen LogP contribution is -2.24. The normalized spacial score (nSPS) is 14.4. The van der Waals surface area contributed by atoms with Crippen LogP contribution in [0.15, 0.2) is 16.9 Å². The topological polar surface area (TPSA) is 88.2 Å². The molecule has 1 saturated heterocycles. The molecule has 0 bridgehead atoms. The van der Waals surface area contributed by atoms with Crippen LogP contribution in [0.3, 0.4) is 0 Å². The Balaban J connectivity index is 1.85. The minimum atomic E-state index is -0.244. The number of pyridine rings is 1. The fourth-order valence-corrected chi connectivity index (χ4v) is 2.73. The molecule has 7 nitrogen and oxygen atoms in total. The Morgan fingerprint density at radius 3 is 2.83 bits per heavy atom. The first-order valence-electron chi connectivity index (χ1n) is 7.98. The molecule has 122 valence electrons. The van der Waals surface area contributed by atoms with E-state index in [1.165, 1.54) is 0 Å². The Morgan fingerprint density at radius 1 is 1.30 bits per heavy atom. The van der Waals surface area contributed by atoms with Gasteiger partial charge >= 0.3 is 5.97 Å². The fourth-order valence-electron chi connectivity index (χ4n) is 2.73. The lowest BCUT2D eigenvalue weighted by molar-refractivity contribution is -0.143. The third-order valence-corrected chi connectivity index (χ3v) is 3.91. The minimum absolute atomic E-state index is 0.179. The van der Waals surface area contributed by atoms with Crippen LogP contribution in [0.2, 0.25) is 0 Å². The van der Waals surface area contributed by atoms with Gasteiger partial charge in [0.25, 0.3) is 5.56 Å². The summed E-state index contributed by atoms with van der Waals surface area (Å²) in [5.41, 5.74) is 0.981. The van der Waals surface area contributed by atoms with Gasteiger partial charge < -0.3 is 9.64 Å². The van der Waals surface area contributed by atoms with Gasteiger partial charge in [0.1, 0.15) is 0 Å². The second-order valence-electron chi connectivity index (χ2n) is 5.56. The maximum atomic E-state index is 12.2. The maximum absolute atomic E-state index is 12.2. The lowest BCUT2D eigenvalue weighted by atomic mass is 10.2. The second-order valence-corrected chi connectivity index (χ2v) is 5.56. The zero-order chi connectivity index (χ0) is 16.2. The number of rotatable bonds is 5. The summed E-state index contributed by atoms with van der Waals surface area (Å²) in [7, 11) is 0. The Hall–Kier alpha value is -2.44. The highest BCUT2D eigenvalue weighted by molar-refractivity contribution is 5.75. The average Bonchev–Trinajstić information content (AvgIpc) is 3.07. The maximum Gasteiger partial charge on any atom is 0.306 e. The van der Waals surface area contributed by atoms with Crippen LogP contribution >= 0.6 is 0 Å². The van der Waals surface area contributed by atoms with Crippen molar-refractivity contribution in [2.75, 3.05) is 24.6 Å². The standard InChI is InChI=1S/C16H20N4O3/c1-2-23-13(21)8-6-11-5-7-12-14(17-11)18-16(19-15(12)22)20-9-3-4-10-20/h5,7H,2-4,6,8-10H2,1H3,(H,17,18,19,22). The molecular formula is C16H20N4O3. The molecule has 1 aliphatic heterocycles. The number of fused-ring (bicyclic) bond motifs is 1. The number of hydrogen-bond acceptors (Lipinski definition) is 6. The summed E-state index contributed by atoms with van der Waals surface area (Å²) in [4.78, 5) is 37.4. The van der Waals surface area contributed by atoms with E-state index >= 15 is 0 Å². The molecule has 0 spiro atoms. The average molecular weight is 316 g/mol. The highest BCUT2D eigenvalue weighted by Gasteiger charge is 2.16. The highest BCUT2D eigenvalue weighted by atomic mass is 16.5. The van der Waals surface area contributed by atoms with Crippen LogP contribution in [0.1, 0.15) is 31.9 Å². The van der Waals surface area contributed by atoms with Gasteiger partial charge in [-0.1, -0.05) is 0 Å². The highest BCUT2D eigenvalue weighted by Crippen LogP contribution is 2.16. The van der Waals surface area contributed by atoms with Crippen LogP contribution in [0.4, 0.5) is 5.95 Å². The zero-order valence-electron chi connectivity index (χ0n) is 13.2. The van der Waals surface area contributed by atoms with Crippen molar-refractivity contribution in [3.63, 3.8) is 0 Å². The number of aryl methyl sites for hydroxylation is 1. The van der Waals surface area contributed by atoms with Gasteiger partial charge in [-0.05, 0) is 31.9 Å². The van der Waals surface area contributed by atoms with Crippen molar-refractivity contribution >= 4 is 23.0 Å². The zero-order valence-corrected chi connectivity index (χ0v) is 13.2. The molecular weight excluding hydrogens is 296 g/mol. The largest absolute Gasteiger partial charge is 0.466 e. The molecule has 1 N–H and O–H groups in total. The predicted molar refractivity (Wildman–Crippen MR) is 86.6 cm³/mol. The summed E-state index contributed by atoms with van der Waals surface area (Å²) >= 11 is 0. The summed E-state index contributed by atoms with van der Waals surface area (Å²) < 4.78 is 4.91. The van der Waals surface area contributed by atoms with E-state index in [0.29, 0.717) is 30.0 Å². The molecule has 2 aromatic rings. The molecule has 0 aliphatic carbocycles. The van der Waals surface area contributed by atoms with E-state index in [1.54, 1.807) is 19.1 Å². The molecule has 23 heavy (non-hydrogen) atoms. The van der Waals surface area contributed by atoms with Crippen molar-refractivity contribution < 1.29 is 9.53 Å². The van der Waals surface area contributed by atoms with E-state index in [2.05, 4.69) is 19.9 Å². The predicted octanol–water partition coefficient (Wildman–Crippen LogP) is 1.41. The summed E-state index contributed by atoms with van der Waals surface area (Å²) in [6, 6.07) is 3.47.